The number of amides is 1. The zero-order chi connectivity index (χ0) is 15.6. The minimum atomic E-state index is -4.34. The van der Waals surface area contributed by atoms with Gasteiger partial charge in [0.15, 0.2) is 0 Å². The van der Waals surface area contributed by atoms with Gasteiger partial charge in [-0.25, -0.2) is 0 Å². The van der Waals surface area contributed by atoms with Crippen LogP contribution in [0.2, 0.25) is 0 Å². The minimum Gasteiger partial charge on any atom is -0.349 e. The molecular weight excluding hydrogens is 281 g/mol. The SMILES string of the molecule is CC(NC(=O)C1CCC(N)C1)c1ccc(C(F)(F)F)cc1. The maximum Gasteiger partial charge on any atom is 0.416 e. The summed E-state index contributed by atoms with van der Waals surface area (Å²) in [7, 11) is 0. The lowest BCUT2D eigenvalue weighted by Crippen LogP contribution is -2.32. The molecule has 6 heteroatoms. The van der Waals surface area contributed by atoms with Gasteiger partial charge in [0.05, 0.1) is 11.6 Å². The highest BCUT2D eigenvalue weighted by molar-refractivity contribution is 5.79. The van der Waals surface area contributed by atoms with E-state index < -0.39 is 11.7 Å². The van der Waals surface area contributed by atoms with E-state index in [1.54, 1.807) is 6.92 Å². The second-order valence-electron chi connectivity index (χ2n) is 5.62. The molecule has 1 aliphatic rings. The van der Waals surface area contributed by atoms with Gasteiger partial charge in [0.25, 0.3) is 0 Å². The fourth-order valence-corrected chi connectivity index (χ4v) is 2.63. The van der Waals surface area contributed by atoms with Crippen molar-refractivity contribution < 1.29 is 18.0 Å². The Labute approximate surface area is 121 Å². The molecule has 0 heterocycles. The molecule has 3 nitrogen and oxygen atoms in total. The third-order valence-electron chi connectivity index (χ3n) is 3.94. The molecule has 0 aliphatic heterocycles. The number of nitrogens with two attached hydrogens (primary N) is 1. The number of benzene rings is 1. The number of hydrogen-bond acceptors (Lipinski definition) is 2. The van der Waals surface area contributed by atoms with E-state index in [0.29, 0.717) is 12.0 Å². The number of alkyl halides is 3. The Morgan fingerprint density at radius 1 is 1.29 bits per heavy atom. The van der Waals surface area contributed by atoms with Gasteiger partial charge in [-0.3, -0.25) is 4.79 Å². The van der Waals surface area contributed by atoms with Crippen LogP contribution < -0.4 is 11.1 Å². The lowest BCUT2D eigenvalue weighted by molar-refractivity contribution is -0.137. The largest absolute Gasteiger partial charge is 0.416 e. The molecule has 0 radical (unpaired) electrons. The summed E-state index contributed by atoms with van der Waals surface area (Å²) in [4.78, 5) is 12.1. The first kappa shape index (κ1) is 15.8. The Hall–Kier alpha value is -1.56. The molecule has 116 valence electrons. The van der Waals surface area contributed by atoms with Crippen molar-refractivity contribution in [3.8, 4) is 0 Å². The Balaban J connectivity index is 1.97. The van der Waals surface area contributed by atoms with Crippen LogP contribution >= 0.6 is 0 Å². The van der Waals surface area contributed by atoms with E-state index in [1.807, 2.05) is 0 Å². The van der Waals surface area contributed by atoms with E-state index in [-0.39, 0.29) is 23.9 Å². The zero-order valence-corrected chi connectivity index (χ0v) is 11.8. The molecule has 1 aromatic carbocycles. The van der Waals surface area contributed by atoms with Crippen LogP contribution in [0.25, 0.3) is 0 Å². The minimum absolute atomic E-state index is 0.0714. The third kappa shape index (κ3) is 3.97. The van der Waals surface area contributed by atoms with Gasteiger partial charge in [-0.2, -0.15) is 13.2 Å². The van der Waals surface area contributed by atoms with Crippen molar-refractivity contribution in [3.05, 3.63) is 35.4 Å². The van der Waals surface area contributed by atoms with Gasteiger partial charge in [-0.1, -0.05) is 12.1 Å². The zero-order valence-electron chi connectivity index (χ0n) is 11.8. The van der Waals surface area contributed by atoms with Crippen molar-refractivity contribution in [2.45, 2.75) is 44.4 Å². The second-order valence-corrected chi connectivity index (χ2v) is 5.62. The Kier molecular flexibility index (Phi) is 4.56. The summed E-state index contributed by atoms with van der Waals surface area (Å²) in [5, 5.41) is 2.84. The van der Waals surface area contributed by atoms with Crippen molar-refractivity contribution in [3.63, 3.8) is 0 Å². The molecule has 1 fully saturated rings. The van der Waals surface area contributed by atoms with Gasteiger partial charge >= 0.3 is 6.18 Å². The number of carbonyl (C=O) groups is 1. The first-order valence-electron chi connectivity index (χ1n) is 7.00. The van der Waals surface area contributed by atoms with Crippen LogP contribution in [0.1, 0.15) is 43.4 Å². The molecule has 1 saturated carbocycles. The normalized spacial score (nSPS) is 23.9. The highest BCUT2D eigenvalue weighted by Gasteiger charge is 2.31. The van der Waals surface area contributed by atoms with Gasteiger partial charge in [-0.05, 0) is 43.9 Å². The van der Waals surface area contributed by atoms with Crippen LogP contribution in [0.3, 0.4) is 0 Å². The maximum absolute atomic E-state index is 12.5. The third-order valence-corrected chi connectivity index (χ3v) is 3.94. The van der Waals surface area contributed by atoms with Gasteiger partial charge in [-0.15, -0.1) is 0 Å². The highest BCUT2D eigenvalue weighted by atomic mass is 19.4. The maximum atomic E-state index is 12.5. The van der Waals surface area contributed by atoms with Gasteiger partial charge < -0.3 is 11.1 Å². The molecule has 1 aliphatic carbocycles. The Morgan fingerprint density at radius 3 is 2.38 bits per heavy atom. The van der Waals surface area contributed by atoms with Crippen LogP contribution in [-0.4, -0.2) is 11.9 Å². The summed E-state index contributed by atoms with van der Waals surface area (Å²) >= 11 is 0. The standard InChI is InChI=1S/C15H19F3N2O/c1-9(20-14(21)11-4-7-13(19)8-11)10-2-5-12(6-3-10)15(16,17)18/h2-3,5-6,9,11,13H,4,7-8,19H2,1H3,(H,20,21). The molecule has 21 heavy (non-hydrogen) atoms. The van der Waals surface area contributed by atoms with E-state index in [0.717, 1.165) is 25.0 Å². The van der Waals surface area contributed by atoms with E-state index in [1.165, 1.54) is 12.1 Å². The van der Waals surface area contributed by atoms with E-state index in [2.05, 4.69) is 5.32 Å². The molecule has 3 unspecified atom stereocenters. The summed E-state index contributed by atoms with van der Waals surface area (Å²) in [6.07, 6.45) is -2.06. The monoisotopic (exact) mass is 300 g/mol. The molecule has 0 aromatic heterocycles. The average Bonchev–Trinajstić information content (AvgIpc) is 2.84. The number of nitrogens with one attached hydrogen (secondary N) is 1. The predicted molar refractivity (Wildman–Crippen MR) is 73.3 cm³/mol. The summed E-state index contributed by atoms with van der Waals surface area (Å²) in [6.45, 7) is 1.76. The molecule has 2 rings (SSSR count). The van der Waals surface area contributed by atoms with E-state index in [9.17, 15) is 18.0 Å². The number of carbonyl (C=O) groups excluding carboxylic acids is 1. The van der Waals surface area contributed by atoms with Crippen LogP contribution in [0.5, 0.6) is 0 Å². The molecule has 1 amide bonds. The van der Waals surface area contributed by atoms with Crippen molar-refractivity contribution in [1.29, 1.82) is 0 Å². The highest BCUT2D eigenvalue weighted by Crippen LogP contribution is 2.30. The van der Waals surface area contributed by atoms with Crippen LogP contribution in [0, 0.1) is 5.92 Å². The van der Waals surface area contributed by atoms with Gasteiger partial charge in [0, 0.05) is 12.0 Å². The summed E-state index contributed by atoms with van der Waals surface area (Å²) < 4.78 is 37.5. The lowest BCUT2D eigenvalue weighted by Gasteiger charge is -2.18. The van der Waals surface area contributed by atoms with Crippen LogP contribution in [-0.2, 0) is 11.0 Å². The lowest BCUT2D eigenvalue weighted by atomic mass is 10.0. The molecular formula is C15H19F3N2O. The van der Waals surface area contributed by atoms with Crippen LogP contribution in [0.4, 0.5) is 13.2 Å². The predicted octanol–water partition coefficient (Wildman–Crippen LogP) is 3.01. The number of rotatable bonds is 3. The summed E-state index contributed by atoms with van der Waals surface area (Å²) in [5.74, 6) is -0.160. The molecule has 3 N–H and O–H groups in total. The van der Waals surface area contributed by atoms with Crippen molar-refractivity contribution in [2.75, 3.05) is 0 Å². The molecule has 0 bridgehead atoms. The first-order valence-corrected chi connectivity index (χ1v) is 7.00. The van der Waals surface area contributed by atoms with Crippen molar-refractivity contribution in [2.24, 2.45) is 11.7 Å². The Bertz CT molecular complexity index is 499. The fraction of sp³-hybridized carbons (Fsp3) is 0.533. The molecule has 1 aromatic rings. The number of halogens is 3. The number of hydrogen-bond donors (Lipinski definition) is 2. The quantitative estimate of drug-likeness (QED) is 0.901. The second kappa shape index (κ2) is 6.05. The fourth-order valence-electron chi connectivity index (χ4n) is 2.63. The topological polar surface area (TPSA) is 55.1 Å². The molecule has 0 saturated heterocycles. The smallest absolute Gasteiger partial charge is 0.349 e. The van der Waals surface area contributed by atoms with Gasteiger partial charge in [0.1, 0.15) is 0 Å². The van der Waals surface area contributed by atoms with Crippen molar-refractivity contribution >= 4 is 5.91 Å². The average molecular weight is 300 g/mol. The summed E-state index contributed by atoms with van der Waals surface area (Å²) in [5.41, 5.74) is 5.74. The Morgan fingerprint density at radius 2 is 1.90 bits per heavy atom. The van der Waals surface area contributed by atoms with Gasteiger partial charge in [0.2, 0.25) is 5.91 Å². The molecule has 3 atom stereocenters. The van der Waals surface area contributed by atoms with Crippen molar-refractivity contribution in [1.82, 2.24) is 5.32 Å². The van der Waals surface area contributed by atoms with E-state index in [4.69, 9.17) is 5.73 Å². The van der Waals surface area contributed by atoms with Crippen LogP contribution in [0.15, 0.2) is 24.3 Å². The summed E-state index contributed by atoms with van der Waals surface area (Å²) in [6, 6.07) is 4.61. The molecule has 0 spiro atoms. The van der Waals surface area contributed by atoms with E-state index >= 15 is 0 Å². The first-order chi connectivity index (χ1) is 9.77.